The van der Waals surface area contributed by atoms with Gasteiger partial charge in [0.1, 0.15) is 5.82 Å². The minimum absolute atomic E-state index is 0.0363. The van der Waals surface area contributed by atoms with Crippen LogP contribution in [0.15, 0.2) is 72.8 Å². The summed E-state index contributed by atoms with van der Waals surface area (Å²) in [7, 11) is 0. The molecule has 1 fully saturated rings. The molecule has 4 rings (SSSR count). The largest absolute Gasteiger partial charge is 0.336 e. The molecule has 1 aliphatic heterocycles. The van der Waals surface area contributed by atoms with Crippen LogP contribution in [-0.2, 0) is 0 Å². The van der Waals surface area contributed by atoms with Gasteiger partial charge in [0.15, 0.2) is 0 Å². The summed E-state index contributed by atoms with van der Waals surface area (Å²) < 4.78 is 14.2. The van der Waals surface area contributed by atoms with Crippen molar-refractivity contribution in [2.75, 3.05) is 26.2 Å². The van der Waals surface area contributed by atoms with Crippen LogP contribution in [0.5, 0.6) is 0 Å². The summed E-state index contributed by atoms with van der Waals surface area (Å²) in [6, 6.07) is 23.5. The third-order valence-electron chi connectivity index (χ3n) is 5.65. The highest BCUT2D eigenvalue weighted by atomic mass is 35.5. The van der Waals surface area contributed by atoms with Crippen molar-refractivity contribution in [3.8, 4) is 0 Å². The fraction of sp³-hybridized carbons (Fsp3) is 0.240. The second kappa shape index (κ2) is 8.99. The molecule has 0 saturated carbocycles. The molecular weight excluding hydrogens is 399 g/mol. The average Bonchev–Trinajstić information content (AvgIpc) is 2.76. The fourth-order valence-corrected chi connectivity index (χ4v) is 4.29. The third kappa shape index (κ3) is 4.25. The summed E-state index contributed by atoms with van der Waals surface area (Å²) in [6.45, 7) is 4.54. The zero-order valence-corrected chi connectivity index (χ0v) is 17.6. The van der Waals surface area contributed by atoms with Gasteiger partial charge in [-0.2, -0.15) is 0 Å². The normalized spacial score (nSPS) is 15.8. The Morgan fingerprint density at radius 2 is 1.50 bits per heavy atom. The van der Waals surface area contributed by atoms with Crippen molar-refractivity contribution in [3.63, 3.8) is 0 Å². The topological polar surface area (TPSA) is 23.6 Å². The molecule has 0 unspecified atom stereocenters. The van der Waals surface area contributed by atoms with E-state index in [4.69, 9.17) is 11.6 Å². The summed E-state index contributed by atoms with van der Waals surface area (Å²) in [5.74, 6) is -0.916. The Balaban J connectivity index is 1.54. The van der Waals surface area contributed by atoms with Crippen molar-refractivity contribution in [2.45, 2.75) is 13.0 Å². The van der Waals surface area contributed by atoms with Gasteiger partial charge in [-0.05, 0) is 30.2 Å². The van der Waals surface area contributed by atoms with Gasteiger partial charge in [-0.3, -0.25) is 9.69 Å². The molecule has 1 aliphatic rings. The highest BCUT2D eigenvalue weighted by molar-refractivity contribution is 6.33. The van der Waals surface area contributed by atoms with E-state index in [-0.39, 0.29) is 22.5 Å². The van der Waals surface area contributed by atoms with Crippen LogP contribution in [0.4, 0.5) is 4.39 Å². The van der Waals surface area contributed by atoms with E-state index in [1.165, 1.54) is 28.8 Å². The van der Waals surface area contributed by atoms with E-state index < -0.39 is 5.82 Å². The number of aryl methyl sites for hydroxylation is 1. The zero-order valence-electron chi connectivity index (χ0n) is 16.9. The van der Waals surface area contributed by atoms with Gasteiger partial charge in [-0.15, -0.1) is 0 Å². The van der Waals surface area contributed by atoms with Gasteiger partial charge in [0.2, 0.25) is 0 Å². The number of carbonyl (C=O) groups is 1. The van der Waals surface area contributed by atoms with E-state index in [1.54, 1.807) is 11.0 Å². The van der Waals surface area contributed by atoms with Crippen LogP contribution in [0, 0.1) is 12.7 Å². The maximum atomic E-state index is 14.2. The molecule has 5 heteroatoms. The first kappa shape index (κ1) is 20.6. The van der Waals surface area contributed by atoms with Gasteiger partial charge in [0, 0.05) is 26.2 Å². The van der Waals surface area contributed by atoms with Crippen molar-refractivity contribution in [1.82, 2.24) is 9.80 Å². The Bertz CT molecular complexity index is 995. The first-order chi connectivity index (χ1) is 14.5. The number of rotatable bonds is 4. The molecule has 1 saturated heterocycles. The summed E-state index contributed by atoms with van der Waals surface area (Å²) in [5, 5.41) is 0.157. The molecule has 1 heterocycles. The van der Waals surface area contributed by atoms with Gasteiger partial charge in [-0.25, -0.2) is 4.39 Å². The van der Waals surface area contributed by atoms with Crippen LogP contribution in [-0.4, -0.2) is 41.9 Å². The molecule has 30 heavy (non-hydrogen) atoms. The highest BCUT2D eigenvalue weighted by Crippen LogP contribution is 2.30. The maximum absolute atomic E-state index is 14.2. The standard InChI is InChI=1S/C25H24ClFN2O/c1-18-10-12-20(13-11-18)24(19-6-3-2-4-7-19)28-14-16-29(17-15-28)25(30)23-21(26)8-5-9-22(23)27/h2-13,24H,14-17H2,1H3/t24-/m1/s1. The molecular formula is C25H24ClFN2O. The molecule has 3 aromatic carbocycles. The van der Waals surface area contributed by atoms with Crippen molar-refractivity contribution >= 4 is 17.5 Å². The van der Waals surface area contributed by atoms with Crippen LogP contribution in [0.1, 0.15) is 33.1 Å². The maximum Gasteiger partial charge on any atom is 0.258 e. The predicted octanol–water partition coefficient (Wildman–Crippen LogP) is 5.33. The number of carbonyl (C=O) groups excluding carboxylic acids is 1. The molecule has 1 atom stereocenters. The minimum atomic E-state index is -0.572. The Morgan fingerprint density at radius 3 is 2.13 bits per heavy atom. The number of hydrogen-bond donors (Lipinski definition) is 0. The van der Waals surface area contributed by atoms with Gasteiger partial charge < -0.3 is 4.90 Å². The molecule has 0 radical (unpaired) electrons. The molecule has 0 aliphatic carbocycles. The Hall–Kier alpha value is -2.69. The van der Waals surface area contributed by atoms with E-state index in [0.29, 0.717) is 26.2 Å². The lowest BCUT2D eigenvalue weighted by atomic mass is 9.95. The summed E-state index contributed by atoms with van der Waals surface area (Å²) >= 11 is 6.10. The average molecular weight is 423 g/mol. The monoisotopic (exact) mass is 422 g/mol. The summed E-state index contributed by atoms with van der Waals surface area (Å²) in [5.41, 5.74) is 3.63. The number of halogens is 2. The number of amides is 1. The van der Waals surface area contributed by atoms with Crippen LogP contribution in [0.2, 0.25) is 5.02 Å². The lowest BCUT2D eigenvalue weighted by Gasteiger charge is -2.40. The molecule has 3 aromatic rings. The Kier molecular flexibility index (Phi) is 6.16. The number of nitrogens with zero attached hydrogens (tertiary/aromatic N) is 2. The molecule has 0 aromatic heterocycles. The summed E-state index contributed by atoms with van der Waals surface area (Å²) in [4.78, 5) is 17.0. The smallest absolute Gasteiger partial charge is 0.258 e. The SMILES string of the molecule is Cc1ccc([C@@H](c2ccccc2)N2CCN(C(=O)c3c(F)cccc3Cl)CC2)cc1. The van der Waals surface area contributed by atoms with Gasteiger partial charge >= 0.3 is 0 Å². The molecule has 0 spiro atoms. The number of benzene rings is 3. The van der Waals surface area contributed by atoms with Crippen LogP contribution in [0.3, 0.4) is 0 Å². The number of piperazine rings is 1. The first-order valence-electron chi connectivity index (χ1n) is 10.1. The van der Waals surface area contributed by atoms with Crippen LogP contribution >= 0.6 is 11.6 Å². The van der Waals surface area contributed by atoms with Crippen molar-refractivity contribution in [2.24, 2.45) is 0 Å². The molecule has 3 nitrogen and oxygen atoms in total. The first-order valence-corrected chi connectivity index (χ1v) is 10.5. The number of hydrogen-bond acceptors (Lipinski definition) is 2. The second-order valence-electron chi connectivity index (χ2n) is 7.65. The Labute approximate surface area is 181 Å². The Morgan fingerprint density at radius 1 is 0.867 bits per heavy atom. The summed E-state index contributed by atoms with van der Waals surface area (Å²) in [6.07, 6.45) is 0. The van der Waals surface area contributed by atoms with Gasteiger partial charge in [-0.1, -0.05) is 77.8 Å². The molecule has 0 N–H and O–H groups in total. The predicted molar refractivity (Wildman–Crippen MR) is 118 cm³/mol. The molecule has 0 bridgehead atoms. The van der Waals surface area contributed by atoms with Crippen LogP contribution < -0.4 is 0 Å². The van der Waals surface area contributed by atoms with E-state index in [2.05, 4.69) is 60.4 Å². The minimum Gasteiger partial charge on any atom is -0.336 e. The van der Waals surface area contributed by atoms with E-state index in [1.807, 2.05) is 6.07 Å². The quantitative estimate of drug-likeness (QED) is 0.567. The fourth-order valence-electron chi connectivity index (χ4n) is 4.04. The lowest BCUT2D eigenvalue weighted by molar-refractivity contribution is 0.0593. The highest BCUT2D eigenvalue weighted by Gasteiger charge is 2.30. The lowest BCUT2D eigenvalue weighted by Crippen LogP contribution is -2.50. The zero-order chi connectivity index (χ0) is 21.1. The molecule has 154 valence electrons. The van der Waals surface area contributed by atoms with E-state index in [0.717, 1.165) is 0 Å². The molecule has 1 amide bonds. The van der Waals surface area contributed by atoms with Crippen molar-refractivity contribution in [1.29, 1.82) is 0 Å². The third-order valence-corrected chi connectivity index (χ3v) is 5.97. The van der Waals surface area contributed by atoms with Gasteiger partial charge in [0.25, 0.3) is 5.91 Å². The van der Waals surface area contributed by atoms with Gasteiger partial charge in [0.05, 0.1) is 16.6 Å². The van der Waals surface area contributed by atoms with E-state index in [9.17, 15) is 9.18 Å². The van der Waals surface area contributed by atoms with E-state index >= 15 is 0 Å². The second-order valence-corrected chi connectivity index (χ2v) is 8.06. The van der Waals surface area contributed by atoms with Crippen molar-refractivity contribution < 1.29 is 9.18 Å². The van der Waals surface area contributed by atoms with Crippen LogP contribution in [0.25, 0.3) is 0 Å². The van der Waals surface area contributed by atoms with Crippen molar-refractivity contribution in [3.05, 3.63) is 106 Å².